The number of amidine groups is 1. The van der Waals surface area contributed by atoms with Gasteiger partial charge in [-0.3, -0.25) is 4.79 Å². The monoisotopic (exact) mass is 316 g/mol. The van der Waals surface area contributed by atoms with Crippen molar-refractivity contribution in [1.29, 1.82) is 0 Å². The van der Waals surface area contributed by atoms with Crippen LogP contribution in [0.1, 0.15) is 25.3 Å². The maximum absolute atomic E-state index is 12.2. The minimum absolute atomic E-state index is 0.149. The molecule has 22 heavy (non-hydrogen) atoms. The standard InChI is InChI=1S/C17H20N2O2S/c1-12-6-5-9-19(11-12)17-18-16(20)15(22-17)10-13-7-3-4-8-14(13)21-2/h3-4,7-8,10,12H,5-6,9,11H2,1-2H3/t12-/m0/s1. The highest BCUT2D eigenvalue weighted by atomic mass is 32.2. The summed E-state index contributed by atoms with van der Waals surface area (Å²) < 4.78 is 5.34. The van der Waals surface area contributed by atoms with E-state index in [9.17, 15) is 4.79 Å². The Morgan fingerprint density at radius 3 is 3.00 bits per heavy atom. The third-order valence-corrected chi connectivity index (χ3v) is 5.01. The average molecular weight is 316 g/mol. The van der Waals surface area contributed by atoms with Gasteiger partial charge in [-0.15, -0.1) is 0 Å². The van der Waals surface area contributed by atoms with Gasteiger partial charge < -0.3 is 9.64 Å². The lowest BCUT2D eigenvalue weighted by molar-refractivity contribution is -0.113. The number of nitrogens with zero attached hydrogens (tertiary/aromatic N) is 2. The molecule has 0 spiro atoms. The molecule has 116 valence electrons. The molecule has 1 amide bonds. The smallest absolute Gasteiger partial charge is 0.286 e. The van der Waals surface area contributed by atoms with Crippen LogP contribution in [-0.4, -0.2) is 36.2 Å². The van der Waals surface area contributed by atoms with E-state index in [1.54, 1.807) is 7.11 Å². The second kappa shape index (κ2) is 6.57. The molecule has 4 nitrogen and oxygen atoms in total. The number of aliphatic imine (C=N–C) groups is 1. The maximum Gasteiger partial charge on any atom is 0.286 e. The molecule has 1 aromatic carbocycles. The molecule has 1 fully saturated rings. The Balaban J connectivity index is 1.78. The zero-order valence-corrected chi connectivity index (χ0v) is 13.7. The Kier molecular flexibility index (Phi) is 4.52. The van der Waals surface area contributed by atoms with Gasteiger partial charge in [-0.05, 0) is 42.7 Å². The number of likely N-dealkylation sites (tertiary alicyclic amines) is 1. The number of piperidine rings is 1. The van der Waals surface area contributed by atoms with Crippen molar-refractivity contribution in [2.24, 2.45) is 10.9 Å². The van der Waals surface area contributed by atoms with E-state index in [-0.39, 0.29) is 5.91 Å². The highest BCUT2D eigenvalue weighted by Crippen LogP contribution is 2.33. The SMILES string of the molecule is COc1ccccc1C=C1SC(N2CCC[C@H](C)C2)=NC1=O. The molecule has 2 heterocycles. The van der Waals surface area contributed by atoms with Gasteiger partial charge in [0.1, 0.15) is 5.75 Å². The highest BCUT2D eigenvalue weighted by Gasteiger charge is 2.28. The number of benzene rings is 1. The van der Waals surface area contributed by atoms with Crippen molar-refractivity contribution in [3.8, 4) is 5.75 Å². The van der Waals surface area contributed by atoms with E-state index in [2.05, 4.69) is 16.8 Å². The third kappa shape index (κ3) is 3.19. The normalized spacial score (nSPS) is 23.8. The van der Waals surface area contributed by atoms with Crippen molar-refractivity contribution < 1.29 is 9.53 Å². The molecular formula is C17H20N2O2S. The zero-order chi connectivity index (χ0) is 15.5. The van der Waals surface area contributed by atoms with Crippen LogP contribution in [0, 0.1) is 5.92 Å². The third-order valence-electron chi connectivity index (χ3n) is 3.96. The summed E-state index contributed by atoms with van der Waals surface area (Å²) in [7, 11) is 1.64. The van der Waals surface area contributed by atoms with E-state index in [0.717, 1.165) is 29.6 Å². The van der Waals surface area contributed by atoms with Crippen molar-refractivity contribution in [2.45, 2.75) is 19.8 Å². The van der Waals surface area contributed by atoms with E-state index in [1.165, 1.54) is 24.6 Å². The number of amides is 1. The van der Waals surface area contributed by atoms with Crippen molar-refractivity contribution >= 4 is 28.9 Å². The molecule has 1 saturated heterocycles. The summed E-state index contributed by atoms with van der Waals surface area (Å²) in [6, 6.07) is 7.69. The number of ether oxygens (including phenoxy) is 1. The number of rotatable bonds is 2. The fraction of sp³-hybridized carbons (Fsp3) is 0.412. The molecule has 0 unspecified atom stereocenters. The fourth-order valence-electron chi connectivity index (χ4n) is 2.82. The molecule has 0 aliphatic carbocycles. The van der Waals surface area contributed by atoms with Crippen LogP contribution in [0.25, 0.3) is 6.08 Å². The number of hydrogen-bond donors (Lipinski definition) is 0. The predicted molar refractivity (Wildman–Crippen MR) is 91.0 cm³/mol. The van der Waals surface area contributed by atoms with Gasteiger partial charge in [-0.2, -0.15) is 4.99 Å². The van der Waals surface area contributed by atoms with Crippen LogP contribution in [0.4, 0.5) is 0 Å². The number of para-hydroxylation sites is 1. The minimum atomic E-state index is -0.149. The van der Waals surface area contributed by atoms with Crippen LogP contribution in [0.2, 0.25) is 0 Å². The Hall–Kier alpha value is -1.75. The Morgan fingerprint density at radius 1 is 1.41 bits per heavy atom. The summed E-state index contributed by atoms with van der Waals surface area (Å²) in [5.74, 6) is 1.28. The summed E-state index contributed by atoms with van der Waals surface area (Å²) in [6.07, 6.45) is 4.29. The zero-order valence-electron chi connectivity index (χ0n) is 12.9. The molecule has 0 saturated carbocycles. The molecule has 0 aromatic heterocycles. The van der Waals surface area contributed by atoms with Crippen LogP contribution in [-0.2, 0) is 4.79 Å². The van der Waals surface area contributed by atoms with E-state index in [0.29, 0.717) is 10.8 Å². The molecular weight excluding hydrogens is 296 g/mol. The first-order valence-electron chi connectivity index (χ1n) is 7.58. The summed E-state index contributed by atoms with van der Waals surface area (Å²) in [5, 5.41) is 0.845. The molecule has 0 radical (unpaired) electrons. The Labute approximate surface area is 135 Å². The first-order chi connectivity index (χ1) is 10.7. The summed E-state index contributed by atoms with van der Waals surface area (Å²) in [6.45, 7) is 4.23. The largest absolute Gasteiger partial charge is 0.496 e. The predicted octanol–water partition coefficient (Wildman–Crippen LogP) is 3.40. The molecule has 1 atom stereocenters. The van der Waals surface area contributed by atoms with Gasteiger partial charge in [0.25, 0.3) is 5.91 Å². The fourth-order valence-corrected chi connectivity index (χ4v) is 3.76. The van der Waals surface area contributed by atoms with Crippen molar-refractivity contribution in [3.63, 3.8) is 0 Å². The van der Waals surface area contributed by atoms with Crippen molar-refractivity contribution in [1.82, 2.24) is 4.90 Å². The van der Waals surface area contributed by atoms with Gasteiger partial charge in [0, 0.05) is 18.7 Å². The number of carbonyl (C=O) groups excluding carboxylic acids is 1. The second-order valence-corrected chi connectivity index (χ2v) is 6.75. The summed E-state index contributed by atoms with van der Waals surface area (Å²) in [5.41, 5.74) is 0.907. The van der Waals surface area contributed by atoms with Crippen LogP contribution in [0.5, 0.6) is 5.75 Å². The molecule has 2 aliphatic heterocycles. The topological polar surface area (TPSA) is 41.9 Å². The van der Waals surface area contributed by atoms with E-state index >= 15 is 0 Å². The molecule has 5 heteroatoms. The highest BCUT2D eigenvalue weighted by molar-refractivity contribution is 8.18. The van der Waals surface area contributed by atoms with Crippen molar-refractivity contribution in [2.75, 3.05) is 20.2 Å². The lowest BCUT2D eigenvalue weighted by Crippen LogP contribution is -2.37. The number of methoxy groups -OCH3 is 1. The van der Waals surface area contributed by atoms with E-state index in [4.69, 9.17) is 4.74 Å². The first-order valence-corrected chi connectivity index (χ1v) is 8.39. The first kappa shape index (κ1) is 15.2. The van der Waals surface area contributed by atoms with Crippen LogP contribution >= 0.6 is 11.8 Å². The number of thioether (sulfide) groups is 1. The number of hydrogen-bond acceptors (Lipinski definition) is 4. The molecule has 2 aliphatic rings. The molecule has 0 N–H and O–H groups in total. The molecule has 3 rings (SSSR count). The lowest BCUT2D eigenvalue weighted by Gasteiger charge is -2.31. The van der Waals surface area contributed by atoms with Gasteiger partial charge >= 0.3 is 0 Å². The van der Waals surface area contributed by atoms with Gasteiger partial charge in [0.15, 0.2) is 5.17 Å². The number of carbonyl (C=O) groups is 1. The average Bonchev–Trinajstić information content (AvgIpc) is 2.89. The van der Waals surface area contributed by atoms with Crippen LogP contribution < -0.4 is 4.74 Å². The molecule has 0 bridgehead atoms. The van der Waals surface area contributed by atoms with Gasteiger partial charge in [0.05, 0.1) is 12.0 Å². The van der Waals surface area contributed by atoms with Crippen LogP contribution in [0.3, 0.4) is 0 Å². The summed E-state index contributed by atoms with van der Waals surface area (Å²) in [4.78, 5) is 19.3. The van der Waals surface area contributed by atoms with Gasteiger partial charge in [-0.25, -0.2) is 0 Å². The van der Waals surface area contributed by atoms with Gasteiger partial charge in [-0.1, -0.05) is 25.1 Å². The van der Waals surface area contributed by atoms with Gasteiger partial charge in [0.2, 0.25) is 0 Å². The van der Waals surface area contributed by atoms with E-state index < -0.39 is 0 Å². The Bertz CT molecular complexity index is 639. The van der Waals surface area contributed by atoms with E-state index in [1.807, 2.05) is 30.3 Å². The van der Waals surface area contributed by atoms with Crippen LogP contribution in [0.15, 0.2) is 34.2 Å². The maximum atomic E-state index is 12.2. The summed E-state index contributed by atoms with van der Waals surface area (Å²) >= 11 is 1.47. The molecule has 1 aromatic rings. The Morgan fingerprint density at radius 2 is 2.23 bits per heavy atom. The minimum Gasteiger partial charge on any atom is -0.496 e. The lowest BCUT2D eigenvalue weighted by atomic mass is 10.0. The van der Waals surface area contributed by atoms with Crippen molar-refractivity contribution in [3.05, 3.63) is 34.7 Å². The second-order valence-electron chi connectivity index (χ2n) is 5.75. The quantitative estimate of drug-likeness (QED) is 0.784.